The predicted octanol–water partition coefficient (Wildman–Crippen LogP) is 2.01. The number of hydrogen-bond donors (Lipinski definition) is 1. The van der Waals surface area contributed by atoms with Gasteiger partial charge in [0.05, 0.1) is 0 Å². The van der Waals surface area contributed by atoms with Crippen molar-refractivity contribution in [2.24, 2.45) is 5.73 Å². The van der Waals surface area contributed by atoms with E-state index in [2.05, 4.69) is 5.92 Å². The van der Waals surface area contributed by atoms with Crippen LogP contribution in [0.2, 0.25) is 0 Å². The van der Waals surface area contributed by atoms with Crippen LogP contribution in [0.1, 0.15) is 38.5 Å². The molecule has 1 saturated carbocycles. The van der Waals surface area contributed by atoms with Crippen LogP contribution in [0.4, 0.5) is 4.39 Å². The Morgan fingerprint density at radius 1 is 1.67 bits per heavy atom. The fourth-order valence-corrected chi connectivity index (χ4v) is 1.88. The third-order valence-corrected chi connectivity index (χ3v) is 2.55. The van der Waals surface area contributed by atoms with Crippen molar-refractivity contribution >= 4 is 0 Å². The summed E-state index contributed by atoms with van der Waals surface area (Å²) in [5, 5.41) is 0. The highest BCUT2D eigenvalue weighted by Gasteiger charge is 2.34. The van der Waals surface area contributed by atoms with Gasteiger partial charge in [0.2, 0.25) is 0 Å². The van der Waals surface area contributed by atoms with Crippen LogP contribution in [0.15, 0.2) is 0 Å². The van der Waals surface area contributed by atoms with Gasteiger partial charge in [0.25, 0.3) is 0 Å². The van der Waals surface area contributed by atoms with Gasteiger partial charge in [-0.15, -0.1) is 12.3 Å². The molecule has 0 aromatic heterocycles. The third kappa shape index (κ3) is 2.49. The van der Waals surface area contributed by atoms with Crippen molar-refractivity contribution < 1.29 is 4.39 Å². The first-order chi connectivity index (χ1) is 5.66. The summed E-state index contributed by atoms with van der Waals surface area (Å²) >= 11 is 0. The Kier molecular flexibility index (Phi) is 3.11. The molecule has 2 unspecified atom stereocenters. The van der Waals surface area contributed by atoms with Gasteiger partial charge in [0, 0.05) is 12.5 Å². The lowest BCUT2D eigenvalue weighted by atomic mass is 9.81. The van der Waals surface area contributed by atoms with Crippen LogP contribution >= 0.6 is 0 Å². The van der Waals surface area contributed by atoms with Crippen molar-refractivity contribution in [3.8, 4) is 12.3 Å². The summed E-state index contributed by atoms with van der Waals surface area (Å²) in [6.45, 7) is 0. The summed E-state index contributed by atoms with van der Waals surface area (Å²) < 4.78 is 13.8. The van der Waals surface area contributed by atoms with Crippen molar-refractivity contribution in [1.82, 2.24) is 0 Å². The van der Waals surface area contributed by atoms with Crippen molar-refractivity contribution in [2.45, 2.75) is 50.2 Å². The molecule has 1 aliphatic carbocycles. The van der Waals surface area contributed by atoms with Gasteiger partial charge in [-0.25, -0.2) is 4.39 Å². The molecule has 0 radical (unpaired) electrons. The van der Waals surface area contributed by atoms with Gasteiger partial charge in [0.1, 0.15) is 5.67 Å². The van der Waals surface area contributed by atoms with Gasteiger partial charge >= 0.3 is 0 Å². The van der Waals surface area contributed by atoms with Gasteiger partial charge in [-0.3, -0.25) is 0 Å². The fraction of sp³-hybridized carbons (Fsp3) is 0.800. The molecule has 0 heterocycles. The lowest BCUT2D eigenvalue weighted by molar-refractivity contribution is 0.0879. The molecule has 0 aromatic carbocycles. The number of rotatable bonds is 2. The largest absolute Gasteiger partial charge is 0.328 e. The standard InChI is InChI=1S/C10H16FN/c1-2-3-6-10(11)7-4-5-9(12)8-10/h1,9H,3-8,12H2. The lowest BCUT2D eigenvalue weighted by Gasteiger charge is -2.32. The van der Waals surface area contributed by atoms with Gasteiger partial charge in [-0.05, 0) is 32.1 Å². The molecule has 1 aliphatic rings. The zero-order chi connectivity index (χ0) is 9.03. The average Bonchev–Trinajstić information content (AvgIpc) is 2.01. The highest BCUT2D eigenvalue weighted by Crippen LogP contribution is 2.34. The molecular formula is C10H16FN. The first kappa shape index (κ1) is 9.54. The Balaban J connectivity index is 2.41. The minimum atomic E-state index is -1.07. The monoisotopic (exact) mass is 169 g/mol. The van der Waals surface area contributed by atoms with E-state index in [0.717, 1.165) is 12.8 Å². The molecule has 0 bridgehead atoms. The van der Waals surface area contributed by atoms with E-state index < -0.39 is 5.67 Å². The third-order valence-electron chi connectivity index (χ3n) is 2.55. The van der Waals surface area contributed by atoms with E-state index in [1.165, 1.54) is 0 Å². The summed E-state index contributed by atoms with van der Waals surface area (Å²) in [6, 6.07) is 0.0431. The van der Waals surface area contributed by atoms with E-state index in [0.29, 0.717) is 25.7 Å². The lowest BCUT2D eigenvalue weighted by Crippen LogP contribution is -2.37. The highest BCUT2D eigenvalue weighted by molar-refractivity contribution is 4.93. The summed E-state index contributed by atoms with van der Waals surface area (Å²) in [7, 11) is 0. The van der Waals surface area contributed by atoms with E-state index in [-0.39, 0.29) is 6.04 Å². The number of hydrogen-bond acceptors (Lipinski definition) is 1. The van der Waals surface area contributed by atoms with E-state index in [1.807, 2.05) is 0 Å². The van der Waals surface area contributed by atoms with Crippen LogP contribution in [-0.2, 0) is 0 Å². The average molecular weight is 169 g/mol. The Labute approximate surface area is 73.5 Å². The van der Waals surface area contributed by atoms with Crippen LogP contribution in [0, 0.1) is 12.3 Å². The smallest absolute Gasteiger partial charge is 0.113 e. The number of nitrogens with two attached hydrogens (primary N) is 1. The Morgan fingerprint density at radius 2 is 2.42 bits per heavy atom. The molecule has 0 aromatic rings. The molecule has 0 amide bonds. The second-order valence-electron chi connectivity index (χ2n) is 3.71. The second kappa shape index (κ2) is 3.91. The normalized spacial score (nSPS) is 35.9. The van der Waals surface area contributed by atoms with Crippen molar-refractivity contribution in [1.29, 1.82) is 0 Å². The van der Waals surface area contributed by atoms with Gasteiger partial charge in [0.15, 0.2) is 0 Å². The molecular weight excluding hydrogens is 153 g/mol. The maximum Gasteiger partial charge on any atom is 0.113 e. The molecule has 0 aliphatic heterocycles. The van der Waals surface area contributed by atoms with Gasteiger partial charge in [-0.1, -0.05) is 0 Å². The number of halogens is 1. The van der Waals surface area contributed by atoms with Crippen LogP contribution in [0.5, 0.6) is 0 Å². The maximum absolute atomic E-state index is 13.8. The quantitative estimate of drug-likeness (QED) is 0.629. The highest BCUT2D eigenvalue weighted by atomic mass is 19.1. The topological polar surface area (TPSA) is 26.0 Å². The summed E-state index contributed by atoms with van der Waals surface area (Å²) in [5.41, 5.74) is 4.62. The molecule has 0 saturated heterocycles. The molecule has 2 atom stereocenters. The van der Waals surface area contributed by atoms with Gasteiger partial charge < -0.3 is 5.73 Å². The Bertz CT molecular complexity index is 185. The van der Waals surface area contributed by atoms with Crippen molar-refractivity contribution in [3.63, 3.8) is 0 Å². The SMILES string of the molecule is C#CCCC1(F)CCCC(N)C1. The Morgan fingerprint density at radius 3 is 3.00 bits per heavy atom. The van der Waals surface area contributed by atoms with Crippen molar-refractivity contribution in [3.05, 3.63) is 0 Å². The Hall–Kier alpha value is -0.550. The molecule has 0 spiro atoms. The van der Waals surface area contributed by atoms with E-state index in [4.69, 9.17) is 12.2 Å². The van der Waals surface area contributed by atoms with Crippen LogP contribution in [0.25, 0.3) is 0 Å². The van der Waals surface area contributed by atoms with E-state index >= 15 is 0 Å². The van der Waals surface area contributed by atoms with Crippen LogP contribution in [0.3, 0.4) is 0 Å². The first-order valence-electron chi connectivity index (χ1n) is 4.54. The number of alkyl halides is 1. The molecule has 2 heteroatoms. The first-order valence-corrected chi connectivity index (χ1v) is 4.54. The maximum atomic E-state index is 13.8. The fourth-order valence-electron chi connectivity index (χ4n) is 1.88. The zero-order valence-electron chi connectivity index (χ0n) is 7.35. The molecule has 1 nitrogen and oxygen atoms in total. The zero-order valence-corrected chi connectivity index (χ0v) is 7.35. The molecule has 1 rings (SSSR count). The summed E-state index contributed by atoms with van der Waals surface area (Å²) in [4.78, 5) is 0. The molecule has 12 heavy (non-hydrogen) atoms. The molecule has 68 valence electrons. The minimum Gasteiger partial charge on any atom is -0.328 e. The van der Waals surface area contributed by atoms with E-state index in [1.54, 1.807) is 0 Å². The van der Waals surface area contributed by atoms with Gasteiger partial charge in [-0.2, -0.15) is 0 Å². The van der Waals surface area contributed by atoms with Crippen LogP contribution in [-0.4, -0.2) is 11.7 Å². The predicted molar refractivity (Wildman–Crippen MR) is 48.3 cm³/mol. The minimum absolute atomic E-state index is 0.0431. The summed E-state index contributed by atoms with van der Waals surface area (Å²) in [6.07, 6.45) is 9.11. The number of terminal acetylenes is 1. The molecule has 2 N–H and O–H groups in total. The summed E-state index contributed by atoms with van der Waals surface area (Å²) in [5.74, 6) is 2.47. The molecule has 1 fully saturated rings. The second-order valence-corrected chi connectivity index (χ2v) is 3.71. The van der Waals surface area contributed by atoms with Crippen molar-refractivity contribution in [2.75, 3.05) is 0 Å². The van der Waals surface area contributed by atoms with Crippen LogP contribution < -0.4 is 5.73 Å². The van der Waals surface area contributed by atoms with E-state index in [9.17, 15) is 4.39 Å².